The van der Waals surface area contributed by atoms with Crippen LogP contribution >= 0.6 is 11.8 Å². The minimum Gasteiger partial charge on any atom is -0.461 e. The van der Waals surface area contributed by atoms with Crippen LogP contribution in [0.4, 0.5) is 0 Å². The average molecular weight is 214 g/mol. The van der Waals surface area contributed by atoms with Gasteiger partial charge in [0.05, 0.1) is 6.61 Å². The molecule has 1 saturated carbocycles. The van der Waals surface area contributed by atoms with Gasteiger partial charge in [-0.05, 0) is 30.1 Å². The molecule has 0 bridgehead atoms. The number of hydrogen-bond acceptors (Lipinski definition) is 6. The first-order chi connectivity index (χ1) is 6.81. The predicted octanol–water partition coefficient (Wildman–Crippen LogP) is 1.50. The molecule has 2 rings (SSSR count). The fourth-order valence-electron chi connectivity index (χ4n) is 0.926. The number of esters is 1. The minimum atomic E-state index is -0.461. The van der Waals surface area contributed by atoms with E-state index in [-0.39, 0.29) is 5.69 Å². The summed E-state index contributed by atoms with van der Waals surface area (Å²) in [6.45, 7) is 2.08. The first-order valence-electron chi connectivity index (χ1n) is 4.47. The maximum atomic E-state index is 11.3. The Labute approximate surface area is 85.1 Å². The second-order valence-corrected chi connectivity index (χ2v) is 4.24. The van der Waals surface area contributed by atoms with Gasteiger partial charge in [0.15, 0.2) is 5.03 Å². The van der Waals surface area contributed by atoms with Crippen molar-refractivity contribution in [2.45, 2.75) is 30.0 Å². The van der Waals surface area contributed by atoms with Gasteiger partial charge in [0, 0.05) is 5.25 Å². The lowest BCUT2D eigenvalue weighted by Gasteiger charge is -1.97. The van der Waals surface area contributed by atoms with Crippen LogP contribution in [0.3, 0.4) is 0 Å². The van der Waals surface area contributed by atoms with E-state index in [1.807, 2.05) is 0 Å². The second kappa shape index (κ2) is 4.00. The first-order valence-corrected chi connectivity index (χ1v) is 5.35. The number of carbonyl (C=O) groups excluding carboxylic acids is 1. The highest BCUT2D eigenvalue weighted by atomic mass is 32.2. The van der Waals surface area contributed by atoms with Crippen molar-refractivity contribution >= 4 is 17.7 Å². The van der Waals surface area contributed by atoms with Gasteiger partial charge in [0.1, 0.15) is 0 Å². The van der Waals surface area contributed by atoms with Crippen LogP contribution in [0.15, 0.2) is 9.65 Å². The van der Waals surface area contributed by atoms with E-state index in [0.29, 0.717) is 16.9 Å². The van der Waals surface area contributed by atoms with Gasteiger partial charge in [0.25, 0.3) is 0 Å². The Balaban J connectivity index is 2.07. The summed E-state index contributed by atoms with van der Waals surface area (Å²) in [5.74, 6) is -0.461. The summed E-state index contributed by atoms with van der Waals surface area (Å²) in [5, 5.41) is 8.32. The van der Waals surface area contributed by atoms with E-state index >= 15 is 0 Å². The van der Waals surface area contributed by atoms with Gasteiger partial charge in [0.2, 0.25) is 5.69 Å². The standard InChI is InChI=1S/C8H10N2O3S/c1-2-12-8(11)6-7(10-13-9-6)14-5-3-4-5/h5H,2-4H2,1H3. The number of carbonyl (C=O) groups is 1. The van der Waals surface area contributed by atoms with Crippen molar-refractivity contribution in [1.82, 2.24) is 10.3 Å². The molecule has 0 aliphatic heterocycles. The van der Waals surface area contributed by atoms with Crippen LogP contribution in [0, 0.1) is 0 Å². The quantitative estimate of drug-likeness (QED) is 0.708. The molecule has 14 heavy (non-hydrogen) atoms. The van der Waals surface area contributed by atoms with Crippen molar-refractivity contribution in [3.05, 3.63) is 5.69 Å². The van der Waals surface area contributed by atoms with E-state index in [0.717, 1.165) is 0 Å². The Kier molecular flexibility index (Phi) is 2.72. The fraction of sp³-hybridized carbons (Fsp3) is 0.625. The predicted molar refractivity (Wildman–Crippen MR) is 49.1 cm³/mol. The Morgan fingerprint density at radius 2 is 2.43 bits per heavy atom. The Hall–Kier alpha value is -1.04. The molecule has 0 unspecified atom stereocenters. The molecule has 0 aromatic carbocycles. The average Bonchev–Trinajstić information content (AvgIpc) is 2.82. The molecule has 76 valence electrons. The third kappa shape index (κ3) is 2.06. The van der Waals surface area contributed by atoms with Gasteiger partial charge in [-0.2, -0.15) is 0 Å². The normalized spacial score (nSPS) is 15.5. The molecule has 1 fully saturated rings. The number of nitrogens with zero attached hydrogens (tertiary/aromatic N) is 2. The smallest absolute Gasteiger partial charge is 0.363 e. The SMILES string of the molecule is CCOC(=O)c1nonc1SC1CC1. The number of thioether (sulfide) groups is 1. The maximum absolute atomic E-state index is 11.3. The van der Waals surface area contributed by atoms with E-state index < -0.39 is 5.97 Å². The molecule has 0 radical (unpaired) electrons. The summed E-state index contributed by atoms with van der Waals surface area (Å²) in [7, 11) is 0. The van der Waals surface area contributed by atoms with Gasteiger partial charge in [-0.15, -0.1) is 0 Å². The first kappa shape index (κ1) is 9.51. The summed E-state index contributed by atoms with van der Waals surface area (Å²) >= 11 is 1.53. The molecular weight excluding hydrogens is 204 g/mol. The molecule has 1 aliphatic carbocycles. The highest BCUT2D eigenvalue weighted by Crippen LogP contribution is 2.39. The molecule has 0 spiro atoms. The van der Waals surface area contributed by atoms with Crippen LogP contribution in [0.2, 0.25) is 0 Å². The molecule has 0 amide bonds. The lowest BCUT2D eigenvalue weighted by Crippen LogP contribution is -2.06. The van der Waals surface area contributed by atoms with Gasteiger partial charge >= 0.3 is 5.97 Å². The molecule has 6 heteroatoms. The lowest BCUT2D eigenvalue weighted by molar-refractivity contribution is 0.0511. The van der Waals surface area contributed by atoms with E-state index in [1.165, 1.54) is 24.6 Å². The topological polar surface area (TPSA) is 65.2 Å². The van der Waals surface area contributed by atoms with E-state index in [9.17, 15) is 4.79 Å². The summed E-state index contributed by atoms with van der Waals surface area (Å²) in [6, 6.07) is 0. The van der Waals surface area contributed by atoms with Gasteiger partial charge < -0.3 is 4.74 Å². The highest BCUT2D eigenvalue weighted by Gasteiger charge is 2.28. The Bertz CT molecular complexity index is 335. The van der Waals surface area contributed by atoms with Crippen LogP contribution in [0.5, 0.6) is 0 Å². The third-order valence-corrected chi connectivity index (χ3v) is 3.03. The van der Waals surface area contributed by atoms with Gasteiger partial charge in [-0.25, -0.2) is 9.42 Å². The Morgan fingerprint density at radius 1 is 1.64 bits per heavy atom. The van der Waals surface area contributed by atoms with Crippen molar-refractivity contribution in [2.75, 3.05) is 6.61 Å². The van der Waals surface area contributed by atoms with Crippen molar-refractivity contribution in [2.24, 2.45) is 0 Å². The van der Waals surface area contributed by atoms with Crippen LogP contribution in [-0.2, 0) is 4.74 Å². The van der Waals surface area contributed by atoms with Crippen molar-refractivity contribution in [1.29, 1.82) is 0 Å². The Morgan fingerprint density at radius 3 is 3.07 bits per heavy atom. The van der Waals surface area contributed by atoms with E-state index in [1.54, 1.807) is 6.92 Å². The van der Waals surface area contributed by atoms with Crippen molar-refractivity contribution in [3.63, 3.8) is 0 Å². The van der Waals surface area contributed by atoms with E-state index in [2.05, 4.69) is 14.9 Å². The monoisotopic (exact) mass is 214 g/mol. The number of hydrogen-bond donors (Lipinski definition) is 0. The number of aromatic nitrogens is 2. The zero-order chi connectivity index (χ0) is 9.97. The zero-order valence-electron chi connectivity index (χ0n) is 7.73. The minimum absolute atomic E-state index is 0.198. The molecule has 0 atom stereocenters. The summed E-state index contributed by atoms with van der Waals surface area (Å²) < 4.78 is 9.33. The zero-order valence-corrected chi connectivity index (χ0v) is 8.54. The lowest BCUT2D eigenvalue weighted by atomic mass is 10.5. The molecule has 1 aliphatic rings. The summed E-state index contributed by atoms with van der Waals surface area (Å²) in [5.41, 5.74) is 0.198. The number of ether oxygens (including phenoxy) is 1. The van der Waals surface area contributed by atoms with Gasteiger partial charge in [-0.3, -0.25) is 0 Å². The molecule has 0 N–H and O–H groups in total. The third-order valence-electron chi connectivity index (χ3n) is 1.73. The van der Waals surface area contributed by atoms with E-state index in [4.69, 9.17) is 4.74 Å². The number of rotatable bonds is 4. The van der Waals surface area contributed by atoms with Crippen LogP contribution < -0.4 is 0 Å². The highest BCUT2D eigenvalue weighted by molar-refractivity contribution is 8.00. The van der Waals surface area contributed by atoms with Crippen LogP contribution in [0.25, 0.3) is 0 Å². The maximum Gasteiger partial charge on any atom is 0.363 e. The molecule has 5 nitrogen and oxygen atoms in total. The molecule has 1 aromatic heterocycles. The summed E-state index contributed by atoms with van der Waals surface area (Å²) in [6.07, 6.45) is 2.33. The molecular formula is C8H10N2O3S. The molecule has 1 aromatic rings. The van der Waals surface area contributed by atoms with Gasteiger partial charge in [-0.1, -0.05) is 11.8 Å². The fourth-order valence-corrected chi connectivity index (χ4v) is 1.92. The second-order valence-electron chi connectivity index (χ2n) is 2.96. The summed E-state index contributed by atoms with van der Waals surface area (Å²) in [4.78, 5) is 11.3. The molecule has 0 saturated heterocycles. The van der Waals surface area contributed by atoms with Crippen LogP contribution in [-0.4, -0.2) is 28.1 Å². The van der Waals surface area contributed by atoms with Crippen LogP contribution in [0.1, 0.15) is 30.3 Å². The molecule has 1 heterocycles. The van der Waals surface area contributed by atoms with Crippen molar-refractivity contribution in [3.8, 4) is 0 Å². The largest absolute Gasteiger partial charge is 0.461 e. The van der Waals surface area contributed by atoms with Crippen molar-refractivity contribution < 1.29 is 14.2 Å².